The number of hydrogen-bond donors (Lipinski definition) is 0. The number of aromatic nitrogens is 4. The van der Waals surface area contributed by atoms with Gasteiger partial charge in [0.1, 0.15) is 0 Å². The molecule has 0 saturated heterocycles. The molecule has 4 nitrogen and oxygen atoms in total. The van der Waals surface area contributed by atoms with E-state index in [-0.39, 0.29) is 0 Å². The molecule has 0 N–H and O–H groups in total. The van der Waals surface area contributed by atoms with Crippen LogP contribution >= 0.6 is 0 Å². The second-order valence-corrected chi connectivity index (χ2v) is 11.2. The van der Waals surface area contributed by atoms with Crippen molar-refractivity contribution in [2.45, 2.75) is 0 Å². The highest BCUT2D eigenvalue weighted by molar-refractivity contribution is 6.10. The summed E-state index contributed by atoms with van der Waals surface area (Å²) in [7, 11) is 0. The SMILES string of the molecule is c1ccc2cc(-c3ccc4ccc(-c5ccc6ccc(-c7cc8cccnc8c8ncccc78)nc6c5)cc4n3)ccc2c1. The molecule has 0 fully saturated rings. The fourth-order valence-electron chi connectivity index (χ4n) is 6.24. The number of rotatable bonds is 3. The molecule has 0 atom stereocenters. The Morgan fingerprint density at radius 2 is 0.955 bits per heavy atom. The summed E-state index contributed by atoms with van der Waals surface area (Å²) in [6, 6.07) is 46.7. The summed E-state index contributed by atoms with van der Waals surface area (Å²) in [6.45, 7) is 0. The first-order valence-corrected chi connectivity index (χ1v) is 14.7. The minimum atomic E-state index is 0.892. The van der Waals surface area contributed by atoms with Crippen LogP contribution in [0.1, 0.15) is 0 Å². The molecule has 0 bridgehead atoms. The van der Waals surface area contributed by atoms with Gasteiger partial charge in [-0.1, -0.05) is 84.9 Å². The van der Waals surface area contributed by atoms with Gasteiger partial charge in [0.15, 0.2) is 0 Å². The number of benzene rings is 5. The molecule has 44 heavy (non-hydrogen) atoms. The van der Waals surface area contributed by atoms with Gasteiger partial charge in [0.05, 0.1) is 33.5 Å². The lowest BCUT2D eigenvalue weighted by molar-refractivity contribution is 1.36. The third kappa shape index (κ3) is 4.08. The van der Waals surface area contributed by atoms with E-state index in [0.29, 0.717) is 0 Å². The lowest BCUT2D eigenvalue weighted by Crippen LogP contribution is -1.91. The Morgan fingerprint density at radius 3 is 1.75 bits per heavy atom. The van der Waals surface area contributed by atoms with E-state index in [9.17, 15) is 0 Å². The maximum Gasteiger partial charge on any atom is 0.0971 e. The van der Waals surface area contributed by atoms with Crippen LogP contribution in [0.15, 0.2) is 146 Å². The minimum absolute atomic E-state index is 0.892. The van der Waals surface area contributed by atoms with Gasteiger partial charge < -0.3 is 0 Å². The quantitative estimate of drug-likeness (QED) is 0.202. The maximum absolute atomic E-state index is 5.17. The molecule has 4 heteroatoms. The van der Waals surface area contributed by atoms with Gasteiger partial charge in [0.2, 0.25) is 0 Å². The first kappa shape index (κ1) is 24.6. The van der Waals surface area contributed by atoms with Crippen molar-refractivity contribution in [3.63, 3.8) is 0 Å². The molecule has 5 aromatic carbocycles. The van der Waals surface area contributed by atoms with E-state index in [2.05, 4.69) is 131 Å². The van der Waals surface area contributed by atoms with Crippen molar-refractivity contribution in [2.24, 2.45) is 0 Å². The smallest absolute Gasteiger partial charge is 0.0971 e. The molecule has 0 amide bonds. The normalized spacial score (nSPS) is 11.6. The number of fused-ring (bicyclic) bond motifs is 6. The topological polar surface area (TPSA) is 51.6 Å². The highest BCUT2D eigenvalue weighted by Crippen LogP contribution is 2.34. The molecule has 9 aromatic rings. The van der Waals surface area contributed by atoms with Crippen molar-refractivity contribution in [1.82, 2.24) is 19.9 Å². The standard InChI is InChI=1S/C40H24N4/c1-2-6-28-21-31(14-9-25(28)5-1)35-17-15-26-10-12-29(23-37(26)43-35)30-13-11-27-16-18-36(44-38(27)24-30)34-22-32-7-3-19-41-39(32)40-33(34)8-4-20-42-40/h1-24H. The molecule has 0 unspecified atom stereocenters. The van der Waals surface area contributed by atoms with Gasteiger partial charge in [-0.05, 0) is 70.4 Å². The Labute approximate surface area is 253 Å². The molecule has 4 aromatic heterocycles. The maximum atomic E-state index is 5.17. The second kappa shape index (κ2) is 9.79. The van der Waals surface area contributed by atoms with Crippen molar-refractivity contribution >= 4 is 54.4 Å². The number of hydrogen-bond acceptors (Lipinski definition) is 4. The molecule has 0 aliphatic heterocycles. The molecule has 204 valence electrons. The zero-order valence-electron chi connectivity index (χ0n) is 23.6. The van der Waals surface area contributed by atoms with Gasteiger partial charge in [-0.2, -0.15) is 0 Å². The monoisotopic (exact) mass is 560 g/mol. The lowest BCUT2D eigenvalue weighted by atomic mass is 9.99. The summed E-state index contributed by atoms with van der Waals surface area (Å²) in [6.07, 6.45) is 3.64. The van der Waals surface area contributed by atoms with Gasteiger partial charge in [-0.15, -0.1) is 0 Å². The Balaban J connectivity index is 1.14. The van der Waals surface area contributed by atoms with Gasteiger partial charge >= 0.3 is 0 Å². The Bertz CT molecular complexity index is 2570. The van der Waals surface area contributed by atoms with Crippen LogP contribution in [-0.4, -0.2) is 19.9 Å². The molecule has 0 radical (unpaired) electrons. The zero-order chi connectivity index (χ0) is 29.0. The predicted octanol–water partition coefficient (Wildman–Crippen LogP) is 10.0. The summed E-state index contributed by atoms with van der Waals surface area (Å²) in [5.74, 6) is 0. The number of pyridine rings is 4. The van der Waals surface area contributed by atoms with Crippen LogP contribution in [-0.2, 0) is 0 Å². The van der Waals surface area contributed by atoms with E-state index < -0.39 is 0 Å². The van der Waals surface area contributed by atoms with Gasteiger partial charge in [-0.25, -0.2) is 9.97 Å². The molecule has 4 heterocycles. The van der Waals surface area contributed by atoms with Gasteiger partial charge in [0, 0.05) is 45.1 Å². The van der Waals surface area contributed by atoms with Crippen LogP contribution in [0.4, 0.5) is 0 Å². The van der Waals surface area contributed by atoms with Crippen LogP contribution < -0.4 is 0 Å². The van der Waals surface area contributed by atoms with Crippen LogP contribution in [0.25, 0.3) is 88.0 Å². The molecular weight excluding hydrogens is 536 g/mol. The Morgan fingerprint density at radius 1 is 0.364 bits per heavy atom. The molecule has 0 aliphatic carbocycles. The number of nitrogens with zero attached hydrogens (tertiary/aromatic N) is 4. The average molecular weight is 561 g/mol. The lowest BCUT2D eigenvalue weighted by Gasteiger charge is -2.11. The van der Waals surface area contributed by atoms with Gasteiger partial charge in [0.25, 0.3) is 0 Å². The van der Waals surface area contributed by atoms with Crippen molar-refractivity contribution < 1.29 is 0 Å². The second-order valence-electron chi connectivity index (χ2n) is 11.2. The fourth-order valence-corrected chi connectivity index (χ4v) is 6.24. The molecule has 0 saturated carbocycles. The van der Waals surface area contributed by atoms with E-state index in [1.54, 1.807) is 0 Å². The van der Waals surface area contributed by atoms with Crippen molar-refractivity contribution in [3.8, 4) is 33.6 Å². The first-order valence-electron chi connectivity index (χ1n) is 14.7. The summed E-state index contributed by atoms with van der Waals surface area (Å²) >= 11 is 0. The van der Waals surface area contributed by atoms with E-state index >= 15 is 0 Å². The third-order valence-electron chi connectivity index (χ3n) is 8.50. The average Bonchev–Trinajstić information content (AvgIpc) is 3.10. The highest BCUT2D eigenvalue weighted by Gasteiger charge is 2.12. The largest absolute Gasteiger partial charge is 0.254 e. The van der Waals surface area contributed by atoms with Gasteiger partial charge in [-0.3, -0.25) is 9.97 Å². The van der Waals surface area contributed by atoms with E-state index in [0.717, 1.165) is 77.3 Å². The third-order valence-corrected chi connectivity index (χ3v) is 8.50. The van der Waals surface area contributed by atoms with Crippen molar-refractivity contribution in [2.75, 3.05) is 0 Å². The van der Waals surface area contributed by atoms with Crippen LogP contribution in [0, 0.1) is 0 Å². The van der Waals surface area contributed by atoms with E-state index in [4.69, 9.17) is 9.97 Å². The van der Waals surface area contributed by atoms with Crippen LogP contribution in [0.5, 0.6) is 0 Å². The summed E-state index contributed by atoms with van der Waals surface area (Å²) in [5.41, 5.74) is 9.99. The first-order chi connectivity index (χ1) is 21.8. The minimum Gasteiger partial charge on any atom is -0.254 e. The Hall–Kier alpha value is -6.00. The fraction of sp³-hybridized carbons (Fsp3) is 0. The molecule has 0 aliphatic rings. The van der Waals surface area contributed by atoms with Crippen LogP contribution in [0.2, 0.25) is 0 Å². The molecular formula is C40H24N4. The highest BCUT2D eigenvalue weighted by atomic mass is 14.7. The van der Waals surface area contributed by atoms with Crippen LogP contribution in [0.3, 0.4) is 0 Å². The zero-order valence-corrected chi connectivity index (χ0v) is 23.6. The predicted molar refractivity (Wildman–Crippen MR) is 181 cm³/mol. The van der Waals surface area contributed by atoms with E-state index in [1.165, 1.54) is 10.8 Å². The Kier molecular flexibility index (Phi) is 5.47. The summed E-state index contributed by atoms with van der Waals surface area (Å²) in [4.78, 5) is 19.5. The molecule has 9 rings (SSSR count). The summed E-state index contributed by atoms with van der Waals surface area (Å²) < 4.78 is 0. The summed E-state index contributed by atoms with van der Waals surface area (Å²) in [5, 5.41) is 6.76. The molecule has 0 spiro atoms. The van der Waals surface area contributed by atoms with E-state index in [1.807, 2.05) is 24.5 Å². The van der Waals surface area contributed by atoms with Crippen molar-refractivity contribution in [1.29, 1.82) is 0 Å². The van der Waals surface area contributed by atoms with Crippen molar-refractivity contribution in [3.05, 3.63) is 146 Å².